The summed E-state index contributed by atoms with van der Waals surface area (Å²) in [6.45, 7) is 0.296. The zero-order valence-corrected chi connectivity index (χ0v) is 23.0. The summed E-state index contributed by atoms with van der Waals surface area (Å²) >= 11 is 0. The van der Waals surface area contributed by atoms with E-state index >= 15 is 0 Å². The summed E-state index contributed by atoms with van der Waals surface area (Å²) in [6, 6.07) is 20.8. The number of carbonyl (C=O) groups is 1. The van der Waals surface area contributed by atoms with Crippen LogP contribution in [0.3, 0.4) is 0 Å². The van der Waals surface area contributed by atoms with Crippen LogP contribution in [0, 0.1) is 11.7 Å². The molecule has 1 saturated carbocycles. The molecule has 0 bridgehead atoms. The number of anilines is 1. The number of rotatable bonds is 8. The standard InChI is InChI=1S/C31H31FN4O3S/c1-35-17-16-33-30(35)20-36(31(37)26-19-24(26)21-8-3-2-4-9-21)23-15-14-22-10-7-12-28(25(22)18-23)34-40(38,39)29-13-6-5-11-27(29)32/h2-6,8-9,11,13-18,24,26,28,34H,7,10,12,19-20H2,1H3/t24-,26-,28-/m0/s1. The van der Waals surface area contributed by atoms with Crippen molar-refractivity contribution in [2.75, 3.05) is 4.90 Å². The van der Waals surface area contributed by atoms with Gasteiger partial charge in [0.15, 0.2) is 0 Å². The first-order valence-corrected chi connectivity index (χ1v) is 15.0. The molecule has 40 heavy (non-hydrogen) atoms. The molecule has 1 amide bonds. The molecule has 3 aromatic carbocycles. The molecular formula is C31H31FN4O3S. The summed E-state index contributed by atoms with van der Waals surface area (Å²) in [5, 5.41) is 0. The summed E-state index contributed by atoms with van der Waals surface area (Å²) in [4.78, 5) is 19.8. The summed E-state index contributed by atoms with van der Waals surface area (Å²) in [5.41, 5.74) is 3.69. The lowest BCUT2D eigenvalue weighted by Crippen LogP contribution is -2.34. The van der Waals surface area contributed by atoms with Crippen molar-refractivity contribution in [2.45, 2.75) is 49.1 Å². The van der Waals surface area contributed by atoms with Gasteiger partial charge in [0, 0.05) is 37.1 Å². The van der Waals surface area contributed by atoms with Gasteiger partial charge < -0.3 is 9.47 Å². The predicted octanol–water partition coefficient (Wildman–Crippen LogP) is 5.25. The maximum atomic E-state index is 14.4. The van der Waals surface area contributed by atoms with Crippen LogP contribution >= 0.6 is 0 Å². The monoisotopic (exact) mass is 558 g/mol. The Morgan fingerprint density at radius 1 is 1.10 bits per heavy atom. The lowest BCUT2D eigenvalue weighted by Gasteiger charge is -2.29. The highest BCUT2D eigenvalue weighted by Gasteiger charge is 2.46. The average Bonchev–Trinajstić information content (AvgIpc) is 3.66. The molecule has 0 saturated heterocycles. The topological polar surface area (TPSA) is 84.3 Å². The Kier molecular flexibility index (Phi) is 7.02. The van der Waals surface area contributed by atoms with Crippen molar-refractivity contribution in [3.63, 3.8) is 0 Å². The number of imidazole rings is 1. The number of aromatic nitrogens is 2. The highest BCUT2D eigenvalue weighted by atomic mass is 32.2. The number of halogens is 1. The fourth-order valence-electron chi connectivity index (χ4n) is 5.71. The Labute approximate surface area is 233 Å². The predicted molar refractivity (Wildman–Crippen MR) is 151 cm³/mol. The zero-order valence-electron chi connectivity index (χ0n) is 22.2. The number of nitrogens with zero attached hydrogens (tertiary/aromatic N) is 3. The van der Waals surface area contributed by atoms with Crippen LogP contribution < -0.4 is 9.62 Å². The lowest BCUT2D eigenvalue weighted by molar-refractivity contribution is -0.120. The number of nitrogens with one attached hydrogen (secondary N) is 1. The Bertz CT molecular complexity index is 1650. The molecule has 1 aromatic heterocycles. The van der Waals surface area contributed by atoms with Crippen molar-refractivity contribution in [2.24, 2.45) is 13.0 Å². The number of carbonyl (C=O) groups excluding carboxylic acids is 1. The number of benzene rings is 3. The second-order valence-corrected chi connectivity index (χ2v) is 12.3. The van der Waals surface area contributed by atoms with Crippen molar-refractivity contribution in [3.8, 4) is 0 Å². The fourth-order valence-corrected chi connectivity index (χ4v) is 7.04. The van der Waals surface area contributed by atoms with E-state index < -0.39 is 21.9 Å². The number of amides is 1. The second kappa shape index (κ2) is 10.6. The molecule has 1 heterocycles. The molecule has 2 aliphatic carbocycles. The van der Waals surface area contributed by atoms with E-state index in [0.717, 1.165) is 47.8 Å². The van der Waals surface area contributed by atoms with Gasteiger partial charge in [0.05, 0.1) is 6.54 Å². The number of hydrogen-bond acceptors (Lipinski definition) is 4. The van der Waals surface area contributed by atoms with E-state index in [4.69, 9.17) is 0 Å². The summed E-state index contributed by atoms with van der Waals surface area (Å²) in [5.74, 6) is 0.0319. The van der Waals surface area contributed by atoms with Gasteiger partial charge in [-0.2, -0.15) is 0 Å². The normalized spacial score (nSPS) is 20.1. The van der Waals surface area contributed by atoms with Gasteiger partial charge in [-0.1, -0.05) is 48.5 Å². The highest BCUT2D eigenvalue weighted by molar-refractivity contribution is 7.89. The fraction of sp³-hybridized carbons (Fsp3) is 0.290. The molecule has 0 spiro atoms. The Morgan fingerprint density at radius 3 is 2.62 bits per heavy atom. The summed E-state index contributed by atoms with van der Waals surface area (Å²) in [7, 11) is -2.19. The molecule has 0 aliphatic heterocycles. The SMILES string of the molecule is Cn1ccnc1CN(C(=O)[C@H]1C[C@H]1c1ccccc1)c1ccc2c(c1)[C@@H](NS(=O)(=O)c1ccccc1F)CCC2. The van der Waals surface area contributed by atoms with Crippen LogP contribution in [0.2, 0.25) is 0 Å². The van der Waals surface area contributed by atoms with Crippen molar-refractivity contribution in [1.29, 1.82) is 0 Å². The van der Waals surface area contributed by atoms with Crippen LogP contribution in [0.1, 0.15) is 53.7 Å². The van der Waals surface area contributed by atoms with Crippen LogP contribution in [-0.4, -0.2) is 23.9 Å². The van der Waals surface area contributed by atoms with Gasteiger partial charge in [-0.15, -0.1) is 0 Å². The molecule has 1 fully saturated rings. The van der Waals surface area contributed by atoms with Gasteiger partial charge in [0.25, 0.3) is 0 Å². The second-order valence-electron chi connectivity index (χ2n) is 10.6. The smallest absolute Gasteiger partial charge is 0.244 e. The zero-order chi connectivity index (χ0) is 27.9. The van der Waals surface area contributed by atoms with Crippen molar-refractivity contribution in [3.05, 3.63) is 114 Å². The quantitative estimate of drug-likeness (QED) is 0.320. The molecule has 2 aliphatic rings. The Hall–Kier alpha value is -3.82. The molecule has 1 N–H and O–H groups in total. The summed E-state index contributed by atoms with van der Waals surface area (Å²) in [6.07, 6.45) is 6.53. The Balaban J connectivity index is 1.32. The molecular weight excluding hydrogens is 527 g/mol. The van der Waals surface area contributed by atoms with E-state index in [0.29, 0.717) is 18.7 Å². The third kappa shape index (κ3) is 5.19. The van der Waals surface area contributed by atoms with Gasteiger partial charge in [-0.05, 0) is 72.6 Å². The van der Waals surface area contributed by atoms with Crippen LogP contribution in [0.4, 0.5) is 10.1 Å². The van der Waals surface area contributed by atoms with Crippen LogP contribution in [-0.2, 0) is 34.8 Å². The lowest BCUT2D eigenvalue weighted by atomic mass is 9.87. The first-order valence-electron chi connectivity index (χ1n) is 13.5. The van der Waals surface area contributed by atoms with E-state index in [2.05, 4.69) is 21.8 Å². The third-order valence-electron chi connectivity index (χ3n) is 8.00. The van der Waals surface area contributed by atoms with Crippen molar-refractivity contribution < 1.29 is 17.6 Å². The minimum absolute atomic E-state index is 0.0242. The van der Waals surface area contributed by atoms with E-state index in [1.165, 1.54) is 18.2 Å². The molecule has 0 unspecified atom stereocenters. The first kappa shape index (κ1) is 26.4. The largest absolute Gasteiger partial charge is 0.337 e. The summed E-state index contributed by atoms with van der Waals surface area (Å²) < 4.78 is 45.3. The molecule has 9 heteroatoms. The highest BCUT2D eigenvalue weighted by Crippen LogP contribution is 2.49. The van der Waals surface area contributed by atoms with Gasteiger partial charge >= 0.3 is 0 Å². The minimum Gasteiger partial charge on any atom is -0.337 e. The molecule has 0 radical (unpaired) electrons. The van der Waals surface area contributed by atoms with Gasteiger partial charge in [-0.25, -0.2) is 22.5 Å². The number of fused-ring (bicyclic) bond motifs is 1. The van der Waals surface area contributed by atoms with Crippen LogP contribution in [0.5, 0.6) is 0 Å². The van der Waals surface area contributed by atoms with E-state index in [1.54, 1.807) is 11.1 Å². The molecule has 4 aromatic rings. The van der Waals surface area contributed by atoms with Crippen molar-refractivity contribution >= 4 is 21.6 Å². The molecule has 6 rings (SSSR count). The van der Waals surface area contributed by atoms with Crippen LogP contribution in [0.25, 0.3) is 0 Å². The maximum Gasteiger partial charge on any atom is 0.244 e. The van der Waals surface area contributed by atoms with Gasteiger partial charge in [0.1, 0.15) is 16.5 Å². The van der Waals surface area contributed by atoms with Crippen LogP contribution in [0.15, 0.2) is 90.1 Å². The Morgan fingerprint density at radius 2 is 1.88 bits per heavy atom. The van der Waals surface area contributed by atoms with Gasteiger partial charge in [0.2, 0.25) is 15.9 Å². The molecule has 7 nitrogen and oxygen atoms in total. The molecule has 3 atom stereocenters. The number of aryl methyl sites for hydroxylation is 2. The third-order valence-corrected chi connectivity index (χ3v) is 9.51. The first-order chi connectivity index (χ1) is 19.3. The number of hydrogen-bond donors (Lipinski definition) is 1. The van der Waals surface area contributed by atoms with Gasteiger partial charge in [-0.3, -0.25) is 4.79 Å². The van der Waals surface area contributed by atoms with Crippen molar-refractivity contribution in [1.82, 2.24) is 14.3 Å². The van der Waals surface area contributed by atoms with E-state index in [9.17, 15) is 17.6 Å². The molecule has 206 valence electrons. The maximum absolute atomic E-state index is 14.4. The minimum atomic E-state index is -4.09. The van der Waals surface area contributed by atoms with E-state index in [1.807, 2.05) is 54.2 Å². The average molecular weight is 559 g/mol. The van der Waals surface area contributed by atoms with E-state index in [-0.39, 0.29) is 22.6 Å². The number of sulfonamides is 1.